The van der Waals surface area contributed by atoms with Crippen LogP contribution < -0.4 is 14.8 Å². The number of ether oxygens (including phenoxy) is 2. The third kappa shape index (κ3) is 6.46. The van der Waals surface area contributed by atoms with Crippen molar-refractivity contribution in [2.24, 2.45) is 0 Å². The van der Waals surface area contributed by atoms with Crippen LogP contribution in [0.25, 0.3) is 0 Å². The van der Waals surface area contributed by atoms with Crippen LogP contribution in [-0.2, 0) is 11.2 Å². The molecule has 1 aliphatic rings. The zero-order chi connectivity index (χ0) is 20.5. The number of halogens is 1. The number of amides is 1. The van der Waals surface area contributed by atoms with E-state index < -0.39 is 0 Å². The van der Waals surface area contributed by atoms with Gasteiger partial charge in [0.25, 0.3) is 0 Å². The van der Waals surface area contributed by atoms with Crippen LogP contribution in [0.4, 0.5) is 4.39 Å². The van der Waals surface area contributed by atoms with Gasteiger partial charge in [-0.2, -0.15) is 0 Å². The molecule has 1 aliphatic heterocycles. The Morgan fingerprint density at radius 2 is 1.79 bits per heavy atom. The molecular weight excluding hydrogens is 371 g/mol. The standard InChI is InChI=1S/C23H29FN2O3/c1-28-21-7-2-18(3-8-21)13-16-26-20(6-11-23(26)27)12-14-25-15-17-29-22-9-4-19(24)5-10-22/h2-5,7-10,20,25H,6,11-17H2,1H3. The molecule has 1 amide bonds. The molecule has 3 rings (SSSR count). The van der Waals surface area contributed by atoms with Crippen molar-refractivity contribution in [2.75, 3.05) is 33.4 Å². The molecule has 0 aliphatic carbocycles. The maximum atomic E-state index is 12.9. The highest BCUT2D eigenvalue weighted by Crippen LogP contribution is 2.22. The fourth-order valence-corrected chi connectivity index (χ4v) is 3.61. The summed E-state index contributed by atoms with van der Waals surface area (Å²) in [5, 5.41) is 3.36. The lowest BCUT2D eigenvalue weighted by Gasteiger charge is -2.25. The molecule has 0 aromatic heterocycles. The number of likely N-dealkylation sites (tertiary alicyclic amines) is 1. The molecule has 1 heterocycles. The Bertz CT molecular complexity index is 765. The first-order valence-electron chi connectivity index (χ1n) is 10.2. The lowest BCUT2D eigenvalue weighted by Crippen LogP contribution is -2.37. The monoisotopic (exact) mass is 400 g/mol. The van der Waals surface area contributed by atoms with E-state index in [1.165, 1.54) is 17.7 Å². The van der Waals surface area contributed by atoms with E-state index in [0.717, 1.165) is 38.1 Å². The Morgan fingerprint density at radius 3 is 2.52 bits per heavy atom. The average molecular weight is 400 g/mol. The number of rotatable bonds is 11. The van der Waals surface area contributed by atoms with Crippen LogP contribution in [0, 0.1) is 5.82 Å². The summed E-state index contributed by atoms with van der Waals surface area (Å²) in [5.74, 6) is 1.50. The molecule has 1 saturated heterocycles. The molecule has 0 radical (unpaired) electrons. The van der Waals surface area contributed by atoms with E-state index in [1.54, 1.807) is 19.2 Å². The van der Waals surface area contributed by atoms with Gasteiger partial charge in [0.1, 0.15) is 23.9 Å². The first kappa shape index (κ1) is 21.1. The molecule has 2 aromatic rings. The highest BCUT2D eigenvalue weighted by atomic mass is 19.1. The van der Waals surface area contributed by atoms with Gasteiger partial charge in [0.2, 0.25) is 5.91 Å². The van der Waals surface area contributed by atoms with Crippen molar-refractivity contribution >= 4 is 5.91 Å². The number of carbonyl (C=O) groups is 1. The minimum absolute atomic E-state index is 0.253. The van der Waals surface area contributed by atoms with Crippen LogP contribution in [0.2, 0.25) is 0 Å². The van der Waals surface area contributed by atoms with E-state index in [4.69, 9.17) is 9.47 Å². The van der Waals surface area contributed by atoms with Crippen LogP contribution in [0.15, 0.2) is 48.5 Å². The Balaban J connectivity index is 1.34. The maximum absolute atomic E-state index is 12.9. The van der Waals surface area contributed by atoms with Gasteiger partial charge in [-0.3, -0.25) is 4.79 Å². The third-order valence-electron chi connectivity index (χ3n) is 5.27. The minimum atomic E-state index is -0.266. The van der Waals surface area contributed by atoms with Crippen LogP contribution in [-0.4, -0.2) is 50.2 Å². The summed E-state index contributed by atoms with van der Waals surface area (Å²) in [6.07, 6.45) is 3.35. The summed E-state index contributed by atoms with van der Waals surface area (Å²) in [7, 11) is 1.66. The molecule has 1 atom stereocenters. The first-order valence-corrected chi connectivity index (χ1v) is 10.2. The fraction of sp³-hybridized carbons (Fsp3) is 0.435. The summed E-state index contributed by atoms with van der Waals surface area (Å²) in [5.41, 5.74) is 1.21. The quantitative estimate of drug-likeness (QED) is 0.587. The number of benzene rings is 2. The number of hydrogen-bond acceptors (Lipinski definition) is 4. The SMILES string of the molecule is COc1ccc(CCN2C(=O)CCC2CCNCCOc2ccc(F)cc2)cc1. The molecule has 0 spiro atoms. The number of nitrogens with one attached hydrogen (secondary N) is 1. The van der Waals surface area contributed by atoms with Crippen molar-refractivity contribution in [3.63, 3.8) is 0 Å². The summed E-state index contributed by atoms with van der Waals surface area (Å²) in [4.78, 5) is 14.3. The van der Waals surface area contributed by atoms with Crippen molar-refractivity contribution in [3.05, 3.63) is 59.9 Å². The predicted molar refractivity (Wildman–Crippen MR) is 111 cm³/mol. The molecule has 1 unspecified atom stereocenters. The molecule has 156 valence electrons. The van der Waals surface area contributed by atoms with E-state index in [2.05, 4.69) is 17.4 Å². The van der Waals surface area contributed by atoms with Crippen LogP contribution in [0.5, 0.6) is 11.5 Å². The second kappa shape index (κ2) is 10.8. The topological polar surface area (TPSA) is 50.8 Å². The van der Waals surface area contributed by atoms with Crippen molar-refractivity contribution in [1.82, 2.24) is 10.2 Å². The summed E-state index contributed by atoms with van der Waals surface area (Å²) >= 11 is 0. The maximum Gasteiger partial charge on any atom is 0.222 e. The van der Waals surface area contributed by atoms with Gasteiger partial charge in [-0.05, 0) is 67.8 Å². The molecule has 29 heavy (non-hydrogen) atoms. The smallest absolute Gasteiger partial charge is 0.222 e. The normalized spacial score (nSPS) is 16.3. The van der Waals surface area contributed by atoms with Crippen LogP contribution >= 0.6 is 0 Å². The number of carbonyl (C=O) groups excluding carboxylic acids is 1. The molecule has 2 aromatic carbocycles. The molecule has 0 bridgehead atoms. The van der Waals surface area contributed by atoms with E-state index in [1.807, 2.05) is 17.0 Å². The van der Waals surface area contributed by atoms with Crippen LogP contribution in [0.1, 0.15) is 24.8 Å². The average Bonchev–Trinajstić information content (AvgIpc) is 3.10. The van der Waals surface area contributed by atoms with Gasteiger partial charge in [0.05, 0.1) is 7.11 Å². The second-order valence-electron chi connectivity index (χ2n) is 7.22. The van der Waals surface area contributed by atoms with Gasteiger partial charge in [-0.1, -0.05) is 12.1 Å². The number of methoxy groups -OCH3 is 1. The van der Waals surface area contributed by atoms with Crippen molar-refractivity contribution in [3.8, 4) is 11.5 Å². The summed E-state index contributed by atoms with van der Waals surface area (Å²) < 4.78 is 23.6. The molecule has 5 nitrogen and oxygen atoms in total. The largest absolute Gasteiger partial charge is 0.497 e. The fourth-order valence-electron chi connectivity index (χ4n) is 3.61. The van der Waals surface area contributed by atoms with Gasteiger partial charge in [-0.25, -0.2) is 4.39 Å². The first-order chi connectivity index (χ1) is 14.2. The van der Waals surface area contributed by atoms with Crippen molar-refractivity contribution in [2.45, 2.75) is 31.7 Å². The Kier molecular flexibility index (Phi) is 7.87. The van der Waals surface area contributed by atoms with Crippen molar-refractivity contribution < 1.29 is 18.7 Å². The highest BCUT2D eigenvalue weighted by Gasteiger charge is 2.29. The molecule has 1 N–H and O–H groups in total. The Labute approximate surface area is 171 Å². The van der Waals surface area contributed by atoms with Gasteiger partial charge in [0.15, 0.2) is 0 Å². The van der Waals surface area contributed by atoms with Gasteiger partial charge >= 0.3 is 0 Å². The predicted octanol–water partition coefficient (Wildman–Crippen LogP) is 3.43. The van der Waals surface area contributed by atoms with Crippen LogP contribution in [0.3, 0.4) is 0 Å². The summed E-state index contributed by atoms with van der Waals surface area (Å²) in [6.45, 7) is 2.83. The van der Waals surface area contributed by atoms with E-state index in [-0.39, 0.29) is 11.7 Å². The second-order valence-corrected chi connectivity index (χ2v) is 7.22. The van der Waals surface area contributed by atoms with E-state index >= 15 is 0 Å². The number of nitrogens with zero attached hydrogens (tertiary/aromatic N) is 1. The van der Waals surface area contributed by atoms with E-state index in [0.29, 0.717) is 31.4 Å². The van der Waals surface area contributed by atoms with Gasteiger partial charge in [0, 0.05) is 25.6 Å². The highest BCUT2D eigenvalue weighted by molar-refractivity contribution is 5.78. The molecule has 0 saturated carbocycles. The zero-order valence-electron chi connectivity index (χ0n) is 16.9. The zero-order valence-corrected chi connectivity index (χ0v) is 16.9. The minimum Gasteiger partial charge on any atom is -0.497 e. The third-order valence-corrected chi connectivity index (χ3v) is 5.27. The lowest BCUT2D eigenvalue weighted by molar-refractivity contribution is -0.129. The Morgan fingerprint density at radius 1 is 1.07 bits per heavy atom. The van der Waals surface area contributed by atoms with Gasteiger partial charge in [-0.15, -0.1) is 0 Å². The number of hydrogen-bond donors (Lipinski definition) is 1. The Hall–Kier alpha value is -2.60. The molecule has 1 fully saturated rings. The van der Waals surface area contributed by atoms with Crippen molar-refractivity contribution in [1.29, 1.82) is 0 Å². The summed E-state index contributed by atoms with van der Waals surface area (Å²) in [6, 6.07) is 14.3. The molecular formula is C23H29FN2O3. The molecule has 6 heteroatoms. The lowest BCUT2D eigenvalue weighted by atomic mass is 10.1. The van der Waals surface area contributed by atoms with Gasteiger partial charge < -0.3 is 19.7 Å². The van der Waals surface area contributed by atoms with E-state index in [9.17, 15) is 9.18 Å².